The third kappa shape index (κ3) is 5.38. The number of carboxylic acids is 2. The van der Waals surface area contributed by atoms with Crippen LogP contribution in [0.25, 0.3) is 0 Å². The minimum absolute atomic E-state index is 0.558. The van der Waals surface area contributed by atoms with Crippen LogP contribution in [0.1, 0.15) is 5.56 Å². The summed E-state index contributed by atoms with van der Waals surface area (Å²) in [5.41, 5.74) is 1.85. The van der Waals surface area contributed by atoms with Crippen molar-refractivity contribution in [3.8, 4) is 11.5 Å². The second-order valence-corrected chi connectivity index (χ2v) is 8.04. The molecule has 0 atom stereocenters. The maximum atomic E-state index is 9.55. The molecular weight excluding hydrogens is 430 g/mol. The van der Waals surface area contributed by atoms with Gasteiger partial charge < -0.3 is 24.7 Å². The summed E-state index contributed by atoms with van der Waals surface area (Å²) in [7, 11) is 2.15. The van der Waals surface area contributed by atoms with Crippen molar-refractivity contribution in [3.63, 3.8) is 0 Å². The minimum Gasteiger partial charge on any atom is -0.478 e. The molecule has 4 rings (SSSR count). The summed E-state index contributed by atoms with van der Waals surface area (Å²) in [5.74, 6) is -0.0570. The molecule has 2 N–H and O–H groups in total. The van der Waals surface area contributed by atoms with E-state index in [4.69, 9.17) is 31.5 Å². The smallest absolute Gasteiger partial charge is 0.328 e. The van der Waals surface area contributed by atoms with Crippen molar-refractivity contribution >= 4 is 46.4 Å². The van der Waals surface area contributed by atoms with E-state index in [1.165, 1.54) is 11.3 Å². The van der Waals surface area contributed by atoms with Gasteiger partial charge in [0.1, 0.15) is 15.9 Å². The van der Waals surface area contributed by atoms with Crippen molar-refractivity contribution in [2.24, 2.45) is 4.99 Å². The molecule has 1 aromatic heterocycles. The van der Waals surface area contributed by atoms with Crippen molar-refractivity contribution in [1.29, 1.82) is 0 Å². The van der Waals surface area contributed by atoms with Crippen LogP contribution in [-0.4, -0.2) is 71.0 Å². The molecule has 0 bridgehead atoms. The molecule has 2 aliphatic heterocycles. The number of hydrogen-bond donors (Lipinski definition) is 2. The number of aliphatic carboxylic acids is 2. The van der Waals surface area contributed by atoms with Gasteiger partial charge in [-0.05, 0) is 19.2 Å². The predicted molar refractivity (Wildman–Crippen MR) is 116 cm³/mol. The van der Waals surface area contributed by atoms with Gasteiger partial charge in [0.15, 0.2) is 11.5 Å². The standard InChI is InChI=1S/C16H16ClN3OS.C4H4O4/c1-19-6-8-20(9-7-19)16-11-10-22-15(17)14(11)21-13-5-3-2-4-12(13)18-16;5-3(6)1-2-4(7)8/h2-5,10H,6-9H2,1H3;1-2H,(H,5,6)(H,7,8)/b;2-1+. The Morgan fingerprint density at radius 3 is 2.40 bits per heavy atom. The van der Waals surface area contributed by atoms with Gasteiger partial charge in [0, 0.05) is 43.7 Å². The summed E-state index contributed by atoms with van der Waals surface area (Å²) in [4.78, 5) is 28.7. The molecule has 0 aliphatic carbocycles. The molecule has 158 valence electrons. The fraction of sp³-hybridized carbons (Fsp3) is 0.250. The van der Waals surface area contributed by atoms with Crippen LogP contribution in [0.5, 0.6) is 11.5 Å². The molecule has 1 fully saturated rings. The van der Waals surface area contributed by atoms with E-state index in [2.05, 4.69) is 16.8 Å². The van der Waals surface area contributed by atoms with Crippen LogP contribution < -0.4 is 4.74 Å². The SMILES string of the molecule is CN1CCN(C2=Nc3ccccc3Oc3c2csc3Cl)CC1.O=C(O)/C=C/C(=O)O. The fourth-order valence-electron chi connectivity index (χ4n) is 2.89. The van der Waals surface area contributed by atoms with Gasteiger partial charge in [-0.25, -0.2) is 14.6 Å². The molecule has 2 aromatic rings. The average molecular weight is 450 g/mol. The number of aliphatic imine (C=N–C) groups is 1. The van der Waals surface area contributed by atoms with Crippen LogP contribution >= 0.6 is 22.9 Å². The number of benzene rings is 1. The number of amidine groups is 1. The van der Waals surface area contributed by atoms with Gasteiger partial charge in [-0.2, -0.15) is 0 Å². The number of halogens is 1. The van der Waals surface area contributed by atoms with Gasteiger partial charge in [0.05, 0.1) is 5.56 Å². The Kier molecular flexibility index (Phi) is 7.09. The van der Waals surface area contributed by atoms with Crippen molar-refractivity contribution in [3.05, 3.63) is 51.7 Å². The largest absolute Gasteiger partial charge is 0.478 e. The lowest BCUT2D eigenvalue weighted by Gasteiger charge is -2.34. The lowest BCUT2D eigenvalue weighted by molar-refractivity contribution is -0.134. The fourth-order valence-corrected chi connectivity index (χ4v) is 3.86. The Labute approximate surface area is 182 Å². The maximum Gasteiger partial charge on any atom is 0.328 e. The van der Waals surface area contributed by atoms with E-state index in [1.807, 2.05) is 29.6 Å². The van der Waals surface area contributed by atoms with E-state index in [-0.39, 0.29) is 0 Å². The number of hydrogen-bond acceptors (Lipinski definition) is 7. The molecule has 0 unspecified atom stereocenters. The van der Waals surface area contributed by atoms with Gasteiger partial charge in [-0.3, -0.25) is 0 Å². The summed E-state index contributed by atoms with van der Waals surface area (Å²) >= 11 is 7.83. The number of carboxylic acid groups (broad SMARTS) is 2. The Balaban J connectivity index is 0.000000275. The van der Waals surface area contributed by atoms with Gasteiger partial charge in [-0.1, -0.05) is 23.7 Å². The second kappa shape index (κ2) is 9.75. The third-order valence-corrected chi connectivity index (χ3v) is 5.60. The molecule has 3 heterocycles. The molecular formula is C20H20ClN3O5S. The number of likely N-dealkylation sites (N-methyl/N-ethyl adjacent to an activating group) is 1. The zero-order chi connectivity index (χ0) is 21.7. The molecule has 10 heteroatoms. The number of para-hydroxylation sites is 2. The van der Waals surface area contributed by atoms with Crippen LogP contribution in [0.15, 0.2) is 46.8 Å². The molecule has 1 saturated heterocycles. The number of nitrogens with zero attached hydrogens (tertiary/aromatic N) is 3. The summed E-state index contributed by atoms with van der Waals surface area (Å²) in [6.45, 7) is 4.00. The lowest BCUT2D eigenvalue weighted by Crippen LogP contribution is -2.47. The first-order valence-electron chi connectivity index (χ1n) is 9.05. The molecule has 2 aliphatic rings. The van der Waals surface area contributed by atoms with Gasteiger partial charge in [0.2, 0.25) is 0 Å². The molecule has 30 heavy (non-hydrogen) atoms. The highest BCUT2D eigenvalue weighted by Crippen LogP contribution is 2.44. The normalized spacial score (nSPS) is 15.8. The summed E-state index contributed by atoms with van der Waals surface area (Å²) < 4.78 is 6.72. The van der Waals surface area contributed by atoms with Crippen LogP contribution in [-0.2, 0) is 9.59 Å². The maximum absolute atomic E-state index is 9.55. The Hall–Kier alpha value is -2.88. The number of ether oxygens (including phenoxy) is 1. The number of carbonyl (C=O) groups is 2. The van der Waals surface area contributed by atoms with E-state index in [9.17, 15) is 9.59 Å². The van der Waals surface area contributed by atoms with Crippen LogP contribution in [0.3, 0.4) is 0 Å². The molecule has 0 saturated carbocycles. The van der Waals surface area contributed by atoms with E-state index in [0.29, 0.717) is 16.5 Å². The zero-order valence-electron chi connectivity index (χ0n) is 16.1. The number of rotatable bonds is 2. The second-order valence-electron chi connectivity index (χ2n) is 6.56. The highest BCUT2D eigenvalue weighted by atomic mass is 35.5. The van der Waals surface area contributed by atoms with Crippen LogP contribution in [0, 0.1) is 0 Å². The van der Waals surface area contributed by atoms with Crippen molar-refractivity contribution in [2.75, 3.05) is 33.2 Å². The first kappa shape index (κ1) is 21.8. The minimum atomic E-state index is -1.26. The van der Waals surface area contributed by atoms with Crippen molar-refractivity contribution in [2.45, 2.75) is 0 Å². The first-order valence-corrected chi connectivity index (χ1v) is 10.3. The monoisotopic (exact) mass is 449 g/mol. The van der Waals surface area contributed by atoms with E-state index in [0.717, 1.165) is 54.8 Å². The zero-order valence-corrected chi connectivity index (χ0v) is 17.7. The van der Waals surface area contributed by atoms with Crippen molar-refractivity contribution in [1.82, 2.24) is 9.80 Å². The van der Waals surface area contributed by atoms with Crippen LogP contribution in [0.4, 0.5) is 5.69 Å². The van der Waals surface area contributed by atoms with E-state index in [1.54, 1.807) is 0 Å². The predicted octanol–water partition coefficient (Wildman–Crippen LogP) is 3.54. The molecule has 1 aromatic carbocycles. The van der Waals surface area contributed by atoms with Gasteiger partial charge >= 0.3 is 11.9 Å². The lowest BCUT2D eigenvalue weighted by atomic mass is 10.2. The molecule has 0 amide bonds. The quantitative estimate of drug-likeness (QED) is 0.676. The summed E-state index contributed by atoms with van der Waals surface area (Å²) in [6.07, 6.45) is 1.12. The van der Waals surface area contributed by atoms with Gasteiger partial charge in [-0.15, -0.1) is 11.3 Å². The highest BCUT2D eigenvalue weighted by molar-refractivity contribution is 7.15. The Bertz CT molecular complexity index is 980. The van der Waals surface area contributed by atoms with Gasteiger partial charge in [0.25, 0.3) is 0 Å². The highest BCUT2D eigenvalue weighted by Gasteiger charge is 2.27. The average Bonchev–Trinajstić information content (AvgIpc) is 2.98. The molecule has 0 radical (unpaired) electrons. The first-order chi connectivity index (χ1) is 14.3. The number of fused-ring (bicyclic) bond motifs is 2. The van der Waals surface area contributed by atoms with Crippen molar-refractivity contribution < 1.29 is 24.5 Å². The molecule has 0 spiro atoms. The number of piperazine rings is 1. The number of thiophene rings is 1. The summed E-state index contributed by atoms with van der Waals surface area (Å²) in [5, 5.41) is 17.7. The Morgan fingerprint density at radius 1 is 1.13 bits per heavy atom. The molecule has 8 nitrogen and oxygen atoms in total. The topological polar surface area (TPSA) is 103 Å². The van der Waals surface area contributed by atoms with E-state index >= 15 is 0 Å². The third-order valence-electron chi connectivity index (χ3n) is 4.42. The van der Waals surface area contributed by atoms with E-state index < -0.39 is 11.9 Å². The Morgan fingerprint density at radius 2 is 1.77 bits per heavy atom. The summed E-state index contributed by atoms with van der Waals surface area (Å²) in [6, 6.07) is 7.85. The van der Waals surface area contributed by atoms with Crippen LogP contribution in [0.2, 0.25) is 4.34 Å².